The number of nitrogens with zero attached hydrogens (tertiary/aromatic N) is 2. The predicted octanol–water partition coefficient (Wildman–Crippen LogP) is 0.502. The molecule has 1 saturated heterocycles. The third kappa shape index (κ3) is 3.37. The molecule has 0 saturated carbocycles. The summed E-state index contributed by atoms with van der Waals surface area (Å²) in [6, 6.07) is 0. The quantitative estimate of drug-likeness (QED) is 0.875. The number of aromatic amines is 1. The SMILES string of the molecule is CCc1cn(CC(=O)N2CCCCCC2)c(=O)[nH]c1=O. The fourth-order valence-electron chi connectivity index (χ4n) is 2.49. The van der Waals surface area contributed by atoms with Crippen LogP contribution < -0.4 is 11.2 Å². The molecule has 0 aromatic carbocycles. The topological polar surface area (TPSA) is 75.2 Å². The van der Waals surface area contributed by atoms with Gasteiger partial charge in [-0.25, -0.2) is 4.79 Å². The van der Waals surface area contributed by atoms with E-state index in [0.717, 1.165) is 38.8 Å². The van der Waals surface area contributed by atoms with Crippen molar-refractivity contribution in [3.05, 3.63) is 32.6 Å². The highest BCUT2D eigenvalue weighted by Crippen LogP contribution is 2.10. The van der Waals surface area contributed by atoms with Crippen molar-refractivity contribution in [2.75, 3.05) is 13.1 Å². The number of amides is 1. The van der Waals surface area contributed by atoms with E-state index >= 15 is 0 Å². The van der Waals surface area contributed by atoms with Gasteiger partial charge in [-0.3, -0.25) is 19.1 Å². The van der Waals surface area contributed by atoms with E-state index in [4.69, 9.17) is 0 Å². The Hall–Kier alpha value is -1.85. The third-order valence-corrected chi connectivity index (χ3v) is 3.73. The lowest BCUT2D eigenvalue weighted by Gasteiger charge is -2.20. The number of H-pyrrole nitrogens is 1. The van der Waals surface area contributed by atoms with Gasteiger partial charge in [0.25, 0.3) is 5.56 Å². The first-order valence-electron chi connectivity index (χ1n) is 7.22. The minimum Gasteiger partial charge on any atom is -0.341 e. The molecule has 110 valence electrons. The lowest BCUT2D eigenvalue weighted by atomic mass is 10.2. The number of nitrogens with one attached hydrogen (secondary N) is 1. The summed E-state index contributed by atoms with van der Waals surface area (Å²) in [7, 11) is 0. The average Bonchev–Trinajstić information content (AvgIpc) is 2.70. The van der Waals surface area contributed by atoms with Gasteiger partial charge in [0, 0.05) is 24.8 Å². The number of aromatic nitrogens is 2. The molecule has 1 aliphatic rings. The predicted molar refractivity (Wildman–Crippen MR) is 75.7 cm³/mol. The summed E-state index contributed by atoms with van der Waals surface area (Å²) >= 11 is 0. The summed E-state index contributed by atoms with van der Waals surface area (Å²) in [5.41, 5.74) is -0.361. The van der Waals surface area contributed by atoms with E-state index in [9.17, 15) is 14.4 Å². The molecule has 0 spiro atoms. The van der Waals surface area contributed by atoms with Gasteiger partial charge in [0.05, 0.1) is 0 Å². The molecule has 1 N–H and O–H groups in total. The van der Waals surface area contributed by atoms with Crippen LogP contribution in [0.3, 0.4) is 0 Å². The largest absolute Gasteiger partial charge is 0.341 e. The van der Waals surface area contributed by atoms with Crippen LogP contribution in [0.25, 0.3) is 0 Å². The van der Waals surface area contributed by atoms with Gasteiger partial charge in [0.15, 0.2) is 0 Å². The van der Waals surface area contributed by atoms with Crippen LogP contribution in [0.1, 0.15) is 38.2 Å². The number of rotatable bonds is 3. The number of aryl methyl sites for hydroxylation is 1. The molecular formula is C14H21N3O3. The molecule has 1 aromatic heterocycles. The molecule has 6 nitrogen and oxygen atoms in total. The van der Waals surface area contributed by atoms with Crippen LogP contribution in [-0.4, -0.2) is 33.4 Å². The van der Waals surface area contributed by atoms with Crippen LogP contribution in [0.5, 0.6) is 0 Å². The number of carbonyl (C=O) groups excluding carboxylic acids is 1. The smallest absolute Gasteiger partial charge is 0.328 e. The van der Waals surface area contributed by atoms with Gasteiger partial charge < -0.3 is 4.90 Å². The van der Waals surface area contributed by atoms with Gasteiger partial charge in [-0.2, -0.15) is 0 Å². The summed E-state index contributed by atoms with van der Waals surface area (Å²) < 4.78 is 1.30. The molecule has 0 atom stereocenters. The second-order valence-corrected chi connectivity index (χ2v) is 5.19. The van der Waals surface area contributed by atoms with Crippen molar-refractivity contribution >= 4 is 5.91 Å². The van der Waals surface area contributed by atoms with E-state index in [2.05, 4.69) is 4.98 Å². The first-order valence-corrected chi connectivity index (χ1v) is 7.22. The lowest BCUT2D eigenvalue weighted by molar-refractivity contribution is -0.131. The molecule has 0 aliphatic carbocycles. The highest BCUT2D eigenvalue weighted by molar-refractivity contribution is 5.76. The molecule has 6 heteroatoms. The molecular weight excluding hydrogens is 258 g/mol. The zero-order valence-corrected chi connectivity index (χ0v) is 11.9. The lowest BCUT2D eigenvalue weighted by Crippen LogP contribution is -2.39. The van der Waals surface area contributed by atoms with Crippen molar-refractivity contribution in [2.45, 2.75) is 45.6 Å². The molecule has 1 aliphatic heterocycles. The molecule has 0 unspecified atom stereocenters. The second-order valence-electron chi connectivity index (χ2n) is 5.19. The first kappa shape index (κ1) is 14.6. The van der Waals surface area contributed by atoms with Gasteiger partial charge in [0.2, 0.25) is 5.91 Å². The van der Waals surface area contributed by atoms with Crippen molar-refractivity contribution < 1.29 is 4.79 Å². The maximum atomic E-state index is 12.2. The fraction of sp³-hybridized carbons (Fsp3) is 0.643. The maximum absolute atomic E-state index is 12.2. The van der Waals surface area contributed by atoms with Crippen LogP contribution in [0.15, 0.2) is 15.8 Å². The monoisotopic (exact) mass is 279 g/mol. The Morgan fingerprint density at radius 2 is 1.85 bits per heavy atom. The van der Waals surface area contributed by atoms with Crippen LogP contribution >= 0.6 is 0 Å². The average molecular weight is 279 g/mol. The first-order chi connectivity index (χ1) is 9.61. The summed E-state index contributed by atoms with van der Waals surface area (Å²) in [5.74, 6) is -0.0527. The van der Waals surface area contributed by atoms with Crippen molar-refractivity contribution in [2.24, 2.45) is 0 Å². The Morgan fingerprint density at radius 1 is 1.20 bits per heavy atom. The highest BCUT2D eigenvalue weighted by Gasteiger charge is 2.16. The molecule has 20 heavy (non-hydrogen) atoms. The van der Waals surface area contributed by atoms with E-state index in [0.29, 0.717) is 12.0 Å². The van der Waals surface area contributed by atoms with Crippen molar-refractivity contribution in [1.29, 1.82) is 0 Å². The number of likely N-dealkylation sites (tertiary alicyclic amines) is 1. The molecule has 1 amide bonds. The minimum absolute atomic E-state index is 0.00259. The van der Waals surface area contributed by atoms with E-state index in [-0.39, 0.29) is 18.0 Å². The van der Waals surface area contributed by atoms with Crippen LogP contribution in [0, 0.1) is 0 Å². The van der Waals surface area contributed by atoms with Gasteiger partial charge in [-0.15, -0.1) is 0 Å². The number of carbonyl (C=O) groups is 1. The minimum atomic E-state index is -0.518. The van der Waals surface area contributed by atoms with E-state index < -0.39 is 5.69 Å². The summed E-state index contributed by atoms with van der Waals surface area (Å²) in [6.07, 6.45) is 6.38. The molecule has 1 fully saturated rings. The Labute approximate surface area is 117 Å². The zero-order chi connectivity index (χ0) is 14.5. The normalized spacial score (nSPS) is 15.9. The Bertz CT molecular complexity index is 580. The number of hydrogen-bond acceptors (Lipinski definition) is 3. The number of hydrogen-bond donors (Lipinski definition) is 1. The summed E-state index contributed by atoms with van der Waals surface area (Å²) in [5, 5.41) is 0. The van der Waals surface area contributed by atoms with Gasteiger partial charge in [-0.05, 0) is 19.3 Å². The zero-order valence-electron chi connectivity index (χ0n) is 11.9. The van der Waals surface area contributed by atoms with Crippen molar-refractivity contribution in [3.8, 4) is 0 Å². The summed E-state index contributed by atoms with van der Waals surface area (Å²) in [4.78, 5) is 39.5. The van der Waals surface area contributed by atoms with E-state index in [1.54, 1.807) is 0 Å². The summed E-state index contributed by atoms with van der Waals surface area (Å²) in [6.45, 7) is 3.37. The highest BCUT2D eigenvalue weighted by atomic mass is 16.2. The van der Waals surface area contributed by atoms with Gasteiger partial charge in [0.1, 0.15) is 6.54 Å². The molecule has 2 heterocycles. The third-order valence-electron chi connectivity index (χ3n) is 3.73. The Balaban J connectivity index is 2.14. The van der Waals surface area contributed by atoms with Crippen LogP contribution in [0.2, 0.25) is 0 Å². The van der Waals surface area contributed by atoms with E-state index in [1.165, 1.54) is 10.8 Å². The molecule has 0 bridgehead atoms. The van der Waals surface area contributed by atoms with Crippen molar-refractivity contribution in [3.63, 3.8) is 0 Å². The molecule has 1 aromatic rings. The Kier molecular flexibility index (Phi) is 4.76. The van der Waals surface area contributed by atoms with Crippen LogP contribution in [0.4, 0.5) is 0 Å². The fourth-order valence-corrected chi connectivity index (χ4v) is 2.49. The van der Waals surface area contributed by atoms with Gasteiger partial charge >= 0.3 is 5.69 Å². The van der Waals surface area contributed by atoms with Crippen molar-refractivity contribution in [1.82, 2.24) is 14.5 Å². The Morgan fingerprint density at radius 3 is 2.45 bits per heavy atom. The second kappa shape index (κ2) is 6.54. The maximum Gasteiger partial charge on any atom is 0.328 e. The standard InChI is InChI=1S/C14H21N3O3/c1-2-11-9-17(14(20)15-13(11)19)10-12(18)16-7-5-3-4-6-8-16/h9H,2-8,10H2,1H3,(H,15,19,20). The van der Waals surface area contributed by atoms with Crippen LogP contribution in [-0.2, 0) is 17.8 Å². The van der Waals surface area contributed by atoms with Gasteiger partial charge in [-0.1, -0.05) is 19.8 Å². The van der Waals surface area contributed by atoms with E-state index in [1.807, 2.05) is 11.8 Å². The molecule has 2 rings (SSSR count). The molecule has 0 radical (unpaired) electrons.